The number of aliphatic carboxylic acids is 1. The van der Waals surface area contributed by atoms with Crippen LogP contribution in [0.3, 0.4) is 0 Å². The maximum Gasteiger partial charge on any atom is 0.308 e. The van der Waals surface area contributed by atoms with Crippen LogP contribution < -0.4 is 4.87 Å². The van der Waals surface area contributed by atoms with Crippen molar-refractivity contribution in [1.82, 2.24) is 9.88 Å². The minimum absolute atomic E-state index is 0.0453. The third kappa shape index (κ3) is 2.13. The van der Waals surface area contributed by atoms with Crippen molar-refractivity contribution in [3.05, 3.63) is 20.7 Å². The number of nitrogens with zero attached hydrogens (tertiary/aromatic N) is 1. The van der Waals surface area contributed by atoms with Gasteiger partial charge >= 0.3 is 10.8 Å². The molecule has 16 heavy (non-hydrogen) atoms. The van der Waals surface area contributed by atoms with Crippen molar-refractivity contribution in [3.63, 3.8) is 0 Å². The van der Waals surface area contributed by atoms with Crippen molar-refractivity contribution in [2.75, 3.05) is 6.54 Å². The summed E-state index contributed by atoms with van der Waals surface area (Å²) in [7, 11) is 0. The van der Waals surface area contributed by atoms with Gasteiger partial charge in [0.1, 0.15) is 0 Å². The molecule has 1 amide bonds. The summed E-state index contributed by atoms with van der Waals surface area (Å²) in [6.45, 7) is 0.493. The van der Waals surface area contributed by atoms with Crippen molar-refractivity contribution in [3.8, 4) is 0 Å². The second kappa shape index (κ2) is 4.09. The summed E-state index contributed by atoms with van der Waals surface area (Å²) in [6, 6.07) is 0. The molecule has 1 aromatic rings. The highest BCUT2D eigenvalue weighted by atomic mass is 32.1. The van der Waals surface area contributed by atoms with Crippen LogP contribution in [-0.2, 0) is 16.1 Å². The van der Waals surface area contributed by atoms with E-state index in [1.165, 1.54) is 4.90 Å². The number of rotatable bonds is 3. The summed E-state index contributed by atoms with van der Waals surface area (Å²) < 4.78 is 0. The number of thiazole rings is 1. The number of carboxylic acid groups (broad SMARTS) is 1. The Hall–Kier alpha value is -1.63. The Balaban J connectivity index is 2.04. The fourth-order valence-corrected chi connectivity index (χ4v) is 2.26. The first-order valence-electron chi connectivity index (χ1n) is 4.73. The molecule has 2 rings (SSSR count). The van der Waals surface area contributed by atoms with Crippen molar-refractivity contribution in [2.45, 2.75) is 13.0 Å². The zero-order valence-corrected chi connectivity index (χ0v) is 9.12. The molecule has 0 aromatic carbocycles. The molecule has 1 aliphatic heterocycles. The van der Waals surface area contributed by atoms with Gasteiger partial charge in [-0.05, 0) is 0 Å². The smallest absolute Gasteiger partial charge is 0.308 e. The Labute approximate surface area is 94.5 Å². The Morgan fingerprint density at radius 1 is 1.62 bits per heavy atom. The van der Waals surface area contributed by atoms with Crippen LogP contribution in [0.2, 0.25) is 0 Å². The molecular formula is C9H10N2O4S. The van der Waals surface area contributed by atoms with Crippen LogP contribution in [0.25, 0.3) is 0 Å². The number of hydrogen-bond acceptors (Lipinski definition) is 4. The molecule has 7 heteroatoms. The second-order valence-corrected chi connectivity index (χ2v) is 4.53. The van der Waals surface area contributed by atoms with E-state index >= 15 is 0 Å². The number of carbonyl (C=O) groups is 2. The van der Waals surface area contributed by atoms with Gasteiger partial charge in [0.2, 0.25) is 5.91 Å². The van der Waals surface area contributed by atoms with Crippen molar-refractivity contribution < 1.29 is 14.7 Å². The van der Waals surface area contributed by atoms with Crippen LogP contribution in [0.4, 0.5) is 0 Å². The largest absolute Gasteiger partial charge is 0.481 e. The summed E-state index contributed by atoms with van der Waals surface area (Å²) in [6.07, 6.45) is 0.0453. The molecule has 1 atom stereocenters. The maximum atomic E-state index is 11.5. The molecule has 0 radical (unpaired) electrons. The van der Waals surface area contributed by atoms with E-state index in [9.17, 15) is 14.4 Å². The van der Waals surface area contributed by atoms with Gasteiger partial charge in [-0.15, -0.1) is 0 Å². The molecule has 2 N–H and O–H groups in total. The molecule has 0 bridgehead atoms. The summed E-state index contributed by atoms with van der Waals surface area (Å²) in [5.41, 5.74) is 0.648. The highest BCUT2D eigenvalue weighted by molar-refractivity contribution is 7.07. The third-order valence-corrected chi connectivity index (χ3v) is 3.21. The Kier molecular flexibility index (Phi) is 2.78. The average molecular weight is 242 g/mol. The fourth-order valence-electron chi connectivity index (χ4n) is 1.69. The van der Waals surface area contributed by atoms with Gasteiger partial charge in [0, 0.05) is 24.0 Å². The van der Waals surface area contributed by atoms with Crippen LogP contribution in [-0.4, -0.2) is 33.4 Å². The molecule has 0 spiro atoms. The van der Waals surface area contributed by atoms with Crippen LogP contribution in [0, 0.1) is 5.92 Å². The zero-order valence-electron chi connectivity index (χ0n) is 8.30. The molecule has 1 saturated heterocycles. The molecule has 1 unspecified atom stereocenters. The highest BCUT2D eigenvalue weighted by Gasteiger charge is 2.34. The van der Waals surface area contributed by atoms with Crippen molar-refractivity contribution in [2.24, 2.45) is 5.92 Å². The van der Waals surface area contributed by atoms with E-state index in [-0.39, 0.29) is 30.3 Å². The first-order valence-corrected chi connectivity index (χ1v) is 5.61. The normalized spacial score (nSPS) is 20.4. The van der Waals surface area contributed by atoms with Crippen LogP contribution in [0.15, 0.2) is 10.2 Å². The SMILES string of the molecule is O=C(O)C1CC(=O)N(Cc2csc(=O)[nH]2)C1. The number of H-pyrrole nitrogens is 1. The number of carboxylic acids is 1. The van der Waals surface area contributed by atoms with E-state index in [2.05, 4.69) is 4.98 Å². The first kappa shape index (κ1) is 10.9. The zero-order chi connectivity index (χ0) is 11.7. The predicted octanol–water partition coefficient (Wildman–Crippen LogP) is -0.130. The molecule has 1 aromatic heterocycles. The highest BCUT2D eigenvalue weighted by Crippen LogP contribution is 2.19. The van der Waals surface area contributed by atoms with Crippen LogP contribution >= 0.6 is 11.3 Å². The van der Waals surface area contributed by atoms with Crippen LogP contribution in [0.1, 0.15) is 12.1 Å². The quantitative estimate of drug-likeness (QED) is 0.772. The first-order chi connectivity index (χ1) is 7.56. The molecular weight excluding hydrogens is 232 g/mol. The molecule has 2 heterocycles. The second-order valence-electron chi connectivity index (χ2n) is 3.69. The summed E-state index contributed by atoms with van der Waals surface area (Å²) in [5, 5.41) is 10.4. The molecule has 1 aliphatic rings. The van der Waals surface area contributed by atoms with Gasteiger partial charge in [-0.25, -0.2) is 0 Å². The van der Waals surface area contributed by atoms with Gasteiger partial charge < -0.3 is 15.0 Å². The van der Waals surface area contributed by atoms with Gasteiger partial charge in [-0.2, -0.15) is 0 Å². The number of amides is 1. The molecule has 86 valence electrons. The standard InChI is InChI=1S/C9H10N2O4S/c12-7-1-5(8(13)14)2-11(7)3-6-4-16-9(15)10-6/h4-5H,1-3H2,(H,10,15)(H,13,14). The van der Waals surface area contributed by atoms with E-state index in [1.54, 1.807) is 5.38 Å². The maximum absolute atomic E-state index is 11.5. The lowest BCUT2D eigenvalue weighted by molar-refractivity contribution is -0.141. The molecule has 6 nitrogen and oxygen atoms in total. The lowest BCUT2D eigenvalue weighted by Gasteiger charge is -2.14. The number of likely N-dealkylation sites (tertiary alicyclic amines) is 1. The molecule has 1 fully saturated rings. The van der Waals surface area contributed by atoms with E-state index in [4.69, 9.17) is 5.11 Å². The topological polar surface area (TPSA) is 90.5 Å². The minimum Gasteiger partial charge on any atom is -0.481 e. The van der Waals surface area contributed by atoms with Gasteiger partial charge in [-0.3, -0.25) is 14.4 Å². The monoisotopic (exact) mass is 242 g/mol. The van der Waals surface area contributed by atoms with E-state index in [0.29, 0.717) is 5.69 Å². The summed E-state index contributed by atoms with van der Waals surface area (Å²) >= 11 is 1.03. The number of hydrogen-bond donors (Lipinski definition) is 2. The third-order valence-electron chi connectivity index (χ3n) is 2.50. The van der Waals surface area contributed by atoms with Crippen molar-refractivity contribution in [1.29, 1.82) is 0 Å². The number of carbonyl (C=O) groups excluding carboxylic acids is 1. The van der Waals surface area contributed by atoms with Gasteiger partial charge in [-0.1, -0.05) is 11.3 Å². The Morgan fingerprint density at radius 2 is 2.38 bits per heavy atom. The average Bonchev–Trinajstić information content (AvgIpc) is 2.75. The lowest BCUT2D eigenvalue weighted by atomic mass is 10.1. The number of aromatic nitrogens is 1. The fraction of sp³-hybridized carbons (Fsp3) is 0.444. The Bertz CT molecular complexity index is 478. The molecule has 0 saturated carbocycles. The summed E-state index contributed by atoms with van der Waals surface area (Å²) in [5.74, 6) is -1.76. The molecule has 0 aliphatic carbocycles. The van der Waals surface area contributed by atoms with E-state index in [1.807, 2.05) is 0 Å². The number of aromatic amines is 1. The van der Waals surface area contributed by atoms with Crippen LogP contribution in [0.5, 0.6) is 0 Å². The van der Waals surface area contributed by atoms with E-state index < -0.39 is 11.9 Å². The van der Waals surface area contributed by atoms with Crippen molar-refractivity contribution >= 4 is 23.2 Å². The lowest BCUT2D eigenvalue weighted by Crippen LogP contribution is -2.26. The minimum atomic E-state index is -0.949. The van der Waals surface area contributed by atoms with Gasteiger partial charge in [0.25, 0.3) is 0 Å². The summed E-state index contributed by atoms with van der Waals surface area (Å²) in [4.78, 5) is 36.9. The van der Waals surface area contributed by atoms with Gasteiger partial charge in [0.05, 0.1) is 12.5 Å². The Morgan fingerprint density at radius 3 is 2.88 bits per heavy atom. The number of nitrogens with one attached hydrogen (secondary N) is 1. The predicted molar refractivity (Wildman–Crippen MR) is 56.1 cm³/mol. The van der Waals surface area contributed by atoms with Gasteiger partial charge in [0.15, 0.2) is 0 Å². The van der Waals surface area contributed by atoms with E-state index in [0.717, 1.165) is 11.3 Å².